The van der Waals surface area contributed by atoms with Gasteiger partial charge in [0.25, 0.3) is 5.95 Å². The maximum absolute atomic E-state index is 4.11. The lowest BCUT2D eigenvalue weighted by molar-refractivity contribution is 0.630. The van der Waals surface area contributed by atoms with Crippen molar-refractivity contribution in [3.63, 3.8) is 0 Å². The number of hydrogen-bond donors (Lipinski definition) is 1. The maximum atomic E-state index is 4.11. The lowest BCUT2D eigenvalue weighted by atomic mass is 10.5. The maximum Gasteiger partial charge on any atom is 0.268 e. The molecule has 2 aromatic heterocycles. The Balaban J connectivity index is 2.15. The van der Waals surface area contributed by atoms with E-state index in [2.05, 4.69) is 41.6 Å². The van der Waals surface area contributed by atoms with Gasteiger partial charge < -0.3 is 5.32 Å². The summed E-state index contributed by atoms with van der Waals surface area (Å²) in [4.78, 5) is 5.48. The van der Waals surface area contributed by atoms with E-state index < -0.39 is 0 Å². The third-order valence-corrected chi connectivity index (χ3v) is 1.94. The molecule has 7 heteroatoms. The Morgan fingerprint density at radius 2 is 2.29 bits per heavy atom. The first-order chi connectivity index (χ1) is 6.74. The van der Waals surface area contributed by atoms with Crippen LogP contribution in [0.15, 0.2) is 22.8 Å². The van der Waals surface area contributed by atoms with Gasteiger partial charge in [0.05, 0.1) is 7.05 Å². The van der Waals surface area contributed by atoms with Crippen molar-refractivity contribution in [2.75, 3.05) is 5.32 Å². The molecule has 0 bridgehead atoms. The summed E-state index contributed by atoms with van der Waals surface area (Å²) in [6.45, 7) is 0. The van der Waals surface area contributed by atoms with Crippen molar-refractivity contribution in [3.8, 4) is 0 Å². The molecule has 0 saturated carbocycles. The number of aromatic nitrogens is 5. The van der Waals surface area contributed by atoms with Crippen molar-refractivity contribution in [2.45, 2.75) is 0 Å². The number of pyridine rings is 1. The summed E-state index contributed by atoms with van der Waals surface area (Å²) < 4.78 is 0.926. The molecule has 2 rings (SSSR count). The fourth-order valence-corrected chi connectivity index (χ4v) is 1.13. The molecule has 1 N–H and O–H groups in total. The minimum absolute atomic E-state index is 0.433. The Hall–Kier alpha value is -1.50. The predicted molar refractivity (Wildman–Crippen MR) is 54.0 cm³/mol. The van der Waals surface area contributed by atoms with Crippen LogP contribution in [-0.4, -0.2) is 25.2 Å². The molecule has 2 heterocycles. The van der Waals surface area contributed by atoms with Crippen LogP contribution in [0, 0.1) is 0 Å². The molecule has 0 saturated heterocycles. The molecule has 6 nitrogen and oxygen atoms in total. The van der Waals surface area contributed by atoms with Gasteiger partial charge in [0.15, 0.2) is 0 Å². The van der Waals surface area contributed by atoms with E-state index in [-0.39, 0.29) is 0 Å². The summed E-state index contributed by atoms with van der Waals surface area (Å²) in [5.41, 5.74) is 0. The summed E-state index contributed by atoms with van der Waals surface area (Å²) in [6.07, 6.45) is 1.69. The van der Waals surface area contributed by atoms with Crippen LogP contribution in [0.4, 0.5) is 11.8 Å². The molecule has 72 valence electrons. The van der Waals surface area contributed by atoms with Crippen LogP contribution in [0.1, 0.15) is 0 Å². The minimum atomic E-state index is 0.433. The van der Waals surface area contributed by atoms with Crippen molar-refractivity contribution < 1.29 is 0 Å². The third-order valence-electron chi connectivity index (χ3n) is 1.48. The summed E-state index contributed by atoms with van der Waals surface area (Å²) in [5.74, 6) is 1.11. The number of hydrogen-bond acceptors (Lipinski definition) is 5. The van der Waals surface area contributed by atoms with Gasteiger partial charge in [0.2, 0.25) is 0 Å². The van der Waals surface area contributed by atoms with Gasteiger partial charge >= 0.3 is 0 Å². The molecular weight excluding hydrogens is 248 g/mol. The van der Waals surface area contributed by atoms with Crippen LogP contribution in [0.25, 0.3) is 0 Å². The van der Waals surface area contributed by atoms with Crippen LogP contribution >= 0.6 is 15.9 Å². The van der Waals surface area contributed by atoms with Crippen molar-refractivity contribution in [1.82, 2.24) is 25.2 Å². The van der Waals surface area contributed by atoms with Gasteiger partial charge in [0.1, 0.15) is 5.82 Å². The van der Waals surface area contributed by atoms with E-state index in [9.17, 15) is 0 Å². The smallest absolute Gasteiger partial charge is 0.268 e. The van der Waals surface area contributed by atoms with E-state index in [0.29, 0.717) is 11.8 Å². The standard InChI is InChI=1S/C7H7BrN6/c1-14-12-7(11-13-14)10-6-3-2-5(8)4-9-6/h2-4H,1H3,(H,9,10,12). The quantitative estimate of drug-likeness (QED) is 0.870. The summed E-state index contributed by atoms with van der Waals surface area (Å²) in [5, 5.41) is 14.3. The molecule has 0 amide bonds. The third kappa shape index (κ3) is 2.05. The Morgan fingerprint density at radius 3 is 2.86 bits per heavy atom. The molecule has 0 fully saturated rings. The molecule has 0 unspecified atom stereocenters. The number of rotatable bonds is 2. The fourth-order valence-electron chi connectivity index (χ4n) is 0.898. The second-order valence-corrected chi connectivity index (χ2v) is 3.50. The number of aryl methyl sites for hydroxylation is 1. The van der Waals surface area contributed by atoms with Crippen molar-refractivity contribution in [1.29, 1.82) is 0 Å². The number of halogens is 1. The lowest BCUT2D eigenvalue weighted by Gasteiger charge is -1.98. The van der Waals surface area contributed by atoms with Crippen molar-refractivity contribution in [2.24, 2.45) is 7.05 Å². The Labute approximate surface area is 88.5 Å². The summed E-state index contributed by atoms with van der Waals surface area (Å²) in [7, 11) is 1.70. The summed E-state index contributed by atoms with van der Waals surface area (Å²) in [6, 6.07) is 3.70. The molecular formula is C7H7BrN6. The summed E-state index contributed by atoms with van der Waals surface area (Å²) >= 11 is 3.30. The van der Waals surface area contributed by atoms with E-state index in [0.717, 1.165) is 4.47 Å². The highest BCUT2D eigenvalue weighted by Gasteiger charge is 2.00. The lowest BCUT2D eigenvalue weighted by Crippen LogP contribution is -1.96. The molecule has 0 aliphatic rings. The molecule has 0 spiro atoms. The first kappa shape index (κ1) is 9.07. The normalized spacial score (nSPS) is 10.1. The highest BCUT2D eigenvalue weighted by Crippen LogP contribution is 2.12. The minimum Gasteiger partial charge on any atom is -0.306 e. The van der Waals surface area contributed by atoms with E-state index in [1.807, 2.05) is 12.1 Å². The topological polar surface area (TPSA) is 68.5 Å². The molecule has 0 aliphatic carbocycles. The zero-order chi connectivity index (χ0) is 9.97. The SMILES string of the molecule is Cn1nnc(Nc2ccc(Br)cn2)n1. The zero-order valence-corrected chi connectivity index (χ0v) is 8.93. The van der Waals surface area contributed by atoms with Gasteiger partial charge in [-0.2, -0.15) is 4.80 Å². The van der Waals surface area contributed by atoms with Crippen LogP contribution in [-0.2, 0) is 7.05 Å². The second-order valence-electron chi connectivity index (χ2n) is 2.59. The van der Waals surface area contributed by atoms with Crippen LogP contribution < -0.4 is 5.32 Å². The number of tetrazole rings is 1. The molecule has 14 heavy (non-hydrogen) atoms. The highest BCUT2D eigenvalue weighted by atomic mass is 79.9. The van der Waals surface area contributed by atoms with Crippen LogP contribution in [0.5, 0.6) is 0 Å². The largest absolute Gasteiger partial charge is 0.306 e. The Bertz CT molecular complexity index is 422. The van der Waals surface area contributed by atoms with Gasteiger partial charge in [-0.3, -0.25) is 0 Å². The van der Waals surface area contributed by atoms with E-state index >= 15 is 0 Å². The van der Waals surface area contributed by atoms with Gasteiger partial charge in [-0.1, -0.05) is 5.10 Å². The van der Waals surface area contributed by atoms with E-state index in [1.165, 1.54) is 4.80 Å². The molecule has 0 atom stereocenters. The van der Waals surface area contributed by atoms with Crippen LogP contribution in [0.2, 0.25) is 0 Å². The van der Waals surface area contributed by atoms with Crippen molar-refractivity contribution >= 4 is 27.7 Å². The molecule has 0 radical (unpaired) electrons. The van der Waals surface area contributed by atoms with Gasteiger partial charge in [-0.25, -0.2) is 4.98 Å². The Kier molecular flexibility index (Phi) is 2.40. The Morgan fingerprint density at radius 1 is 1.43 bits per heavy atom. The van der Waals surface area contributed by atoms with Gasteiger partial charge in [-0.05, 0) is 33.3 Å². The first-order valence-corrected chi connectivity index (χ1v) is 4.66. The molecule has 0 aromatic carbocycles. The van der Waals surface area contributed by atoms with Gasteiger partial charge in [0, 0.05) is 10.7 Å². The monoisotopic (exact) mass is 254 g/mol. The number of nitrogens with one attached hydrogen (secondary N) is 1. The second kappa shape index (κ2) is 3.70. The molecule has 0 aliphatic heterocycles. The fraction of sp³-hybridized carbons (Fsp3) is 0.143. The predicted octanol–water partition coefficient (Wildman–Crippen LogP) is 1.11. The molecule has 2 aromatic rings. The van der Waals surface area contributed by atoms with E-state index in [1.54, 1.807) is 13.2 Å². The zero-order valence-electron chi connectivity index (χ0n) is 7.35. The van der Waals surface area contributed by atoms with Crippen LogP contribution in [0.3, 0.4) is 0 Å². The van der Waals surface area contributed by atoms with Gasteiger partial charge in [-0.15, -0.1) is 5.10 Å². The average molecular weight is 255 g/mol. The van der Waals surface area contributed by atoms with Crippen molar-refractivity contribution in [3.05, 3.63) is 22.8 Å². The number of nitrogens with zero attached hydrogens (tertiary/aromatic N) is 5. The van der Waals surface area contributed by atoms with E-state index in [4.69, 9.17) is 0 Å². The average Bonchev–Trinajstić information content (AvgIpc) is 2.56. The number of anilines is 2. The first-order valence-electron chi connectivity index (χ1n) is 3.86. The highest BCUT2D eigenvalue weighted by molar-refractivity contribution is 9.10.